The van der Waals surface area contributed by atoms with Crippen LogP contribution in [0.3, 0.4) is 0 Å². The van der Waals surface area contributed by atoms with Crippen LogP contribution >= 0.6 is 0 Å². The monoisotopic (exact) mass is 200 g/mol. The van der Waals surface area contributed by atoms with Crippen LogP contribution in [0.15, 0.2) is 30.6 Å². The smallest absolute Gasteiger partial charge is 0.115 e. The third-order valence-electron chi connectivity index (χ3n) is 1.98. The van der Waals surface area contributed by atoms with E-state index in [1.807, 2.05) is 19.3 Å². The first-order valence-corrected chi connectivity index (χ1v) is 5.13. The van der Waals surface area contributed by atoms with Gasteiger partial charge in [0.15, 0.2) is 0 Å². The minimum absolute atomic E-state index is 0.539. The molecule has 0 bridgehead atoms. The fourth-order valence-electron chi connectivity index (χ4n) is 1.25. The fourth-order valence-corrected chi connectivity index (χ4v) is 1.25. The van der Waals surface area contributed by atoms with Crippen molar-refractivity contribution in [3.63, 3.8) is 0 Å². The molecule has 0 aromatic carbocycles. The van der Waals surface area contributed by atoms with E-state index in [1.165, 1.54) is 0 Å². The lowest BCUT2D eigenvalue weighted by molar-refractivity contribution is 0.832. The van der Waals surface area contributed by atoms with Gasteiger partial charge < -0.3 is 10.3 Å². The number of hydrogen-bond acceptors (Lipinski definition) is 1. The average Bonchev–Trinajstić information content (AvgIpc) is 2.59. The second kappa shape index (κ2) is 5.49. The quantitative estimate of drug-likeness (QED) is 0.560. The van der Waals surface area contributed by atoms with Gasteiger partial charge in [-0.1, -0.05) is 31.5 Å². The Morgan fingerprint density at radius 2 is 2.27 bits per heavy atom. The second-order valence-corrected chi connectivity index (χ2v) is 3.84. The summed E-state index contributed by atoms with van der Waals surface area (Å²) in [7, 11) is 7.55. The van der Waals surface area contributed by atoms with Gasteiger partial charge >= 0.3 is 0 Å². The van der Waals surface area contributed by atoms with Crippen molar-refractivity contribution in [1.82, 2.24) is 10.3 Å². The van der Waals surface area contributed by atoms with Crippen LogP contribution in [0.1, 0.15) is 19.5 Å². The van der Waals surface area contributed by atoms with Gasteiger partial charge in [-0.25, -0.2) is 0 Å². The molecule has 2 radical (unpaired) electrons. The highest BCUT2D eigenvalue weighted by Gasteiger charge is 1.99. The lowest BCUT2D eigenvalue weighted by Crippen LogP contribution is -1.97. The Balaban J connectivity index is 2.89. The van der Waals surface area contributed by atoms with E-state index in [0.29, 0.717) is 5.92 Å². The summed E-state index contributed by atoms with van der Waals surface area (Å²) < 4.78 is 0. The highest BCUT2D eigenvalue weighted by Crippen LogP contribution is 2.12. The van der Waals surface area contributed by atoms with E-state index in [4.69, 9.17) is 7.85 Å². The Labute approximate surface area is 92.9 Å². The summed E-state index contributed by atoms with van der Waals surface area (Å²) in [5.74, 6) is 0.539. The summed E-state index contributed by atoms with van der Waals surface area (Å²) in [5, 5.41) is 3.03. The van der Waals surface area contributed by atoms with Crippen molar-refractivity contribution in [2.45, 2.75) is 13.8 Å². The standard InChI is InChI=1S/C12H17BN2/c1-9(2)4-5-10(7-14-3)12-6-11(13)8-15-12/h4-9,14-15H,1-3H3/b5-4-,10-7+. The molecule has 78 valence electrons. The molecule has 1 heterocycles. The number of aromatic amines is 1. The lowest BCUT2D eigenvalue weighted by Gasteiger charge is -2.01. The van der Waals surface area contributed by atoms with Crippen LogP contribution in [0, 0.1) is 5.92 Å². The van der Waals surface area contributed by atoms with E-state index < -0.39 is 0 Å². The number of aromatic nitrogens is 1. The Morgan fingerprint density at radius 3 is 2.73 bits per heavy atom. The fraction of sp³-hybridized carbons (Fsp3) is 0.333. The van der Waals surface area contributed by atoms with E-state index in [0.717, 1.165) is 16.7 Å². The van der Waals surface area contributed by atoms with Gasteiger partial charge in [0.05, 0.1) is 0 Å². The van der Waals surface area contributed by atoms with Crippen molar-refractivity contribution >= 4 is 18.9 Å². The topological polar surface area (TPSA) is 27.8 Å². The van der Waals surface area contributed by atoms with Gasteiger partial charge in [0.1, 0.15) is 7.85 Å². The summed E-state index contributed by atoms with van der Waals surface area (Å²) in [5.41, 5.74) is 2.88. The van der Waals surface area contributed by atoms with Gasteiger partial charge in [0.25, 0.3) is 0 Å². The zero-order valence-corrected chi connectivity index (χ0v) is 9.54. The molecule has 0 atom stereocenters. The van der Waals surface area contributed by atoms with Crippen LogP contribution in [-0.4, -0.2) is 19.9 Å². The molecule has 0 fully saturated rings. The van der Waals surface area contributed by atoms with Crippen molar-refractivity contribution < 1.29 is 0 Å². The second-order valence-electron chi connectivity index (χ2n) is 3.84. The number of hydrogen-bond donors (Lipinski definition) is 2. The summed E-state index contributed by atoms with van der Waals surface area (Å²) in [4.78, 5) is 3.13. The SMILES string of the molecule is [B]c1c[nH]c(C(/C=C\C(C)C)=C/NC)c1. The molecular weight excluding hydrogens is 183 g/mol. The van der Waals surface area contributed by atoms with Crippen molar-refractivity contribution in [1.29, 1.82) is 0 Å². The van der Waals surface area contributed by atoms with Crippen LogP contribution in [0.4, 0.5) is 0 Å². The zero-order valence-electron chi connectivity index (χ0n) is 9.54. The van der Waals surface area contributed by atoms with E-state index in [9.17, 15) is 0 Å². The molecule has 0 saturated carbocycles. The highest BCUT2D eigenvalue weighted by molar-refractivity contribution is 6.32. The van der Waals surface area contributed by atoms with Crippen molar-refractivity contribution in [3.05, 3.63) is 36.3 Å². The Morgan fingerprint density at radius 1 is 1.53 bits per heavy atom. The predicted molar refractivity (Wildman–Crippen MR) is 67.2 cm³/mol. The molecule has 0 unspecified atom stereocenters. The summed E-state index contributed by atoms with van der Waals surface area (Å²) in [6.07, 6.45) is 7.98. The molecule has 0 aliphatic heterocycles. The van der Waals surface area contributed by atoms with Gasteiger partial charge in [0.2, 0.25) is 0 Å². The van der Waals surface area contributed by atoms with E-state index >= 15 is 0 Å². The first-order chi connectivity index (χ1) is 7.13. The van der Waals surface area contributed by atoms with Crippen LogP contribution in [0.2, 0.25) is 0 Å². The van der Waals surface area contributed by atoms with Gasteiger partial charge in [-0.2, -0.15) is 0 Å². The predicted octanol–water partition coefficient (Wildman–Crippen LogP) is 1.58. The van der Waals surface area contributed by atoms with Crippen molar-refractivity contribution in [2.75, 3.05) is 7.05 Å². The Bertz CT molecular complexity index is 361. The maximum atomic E-state index is 5.67. The number of nitrogens with one attached hydrogen (secondary N) is 2. The minimum Gasteiger partial charge on any atom is -0.393 e. The number of allylic oxidation sites excluding steroid dienone is 3. The Kier molecular flexibility index (Phi) is 4.28. The number of rotatable bonds is 4. The highest BCUT2D eigenvalue weighted by atomic mass is 14.8. The van der Waals surface area contributed by atoms with Gasteiger partial charge in [-0.05, 0) is 18.2 Å². The van der Waals surface area contributed by atoms with Crippen LogP contribution in [0.5, 0.6) is 0 Å². The third-order valence-corrected chi connectivity index (χ3v) is 1.98. The molecule has 1 rings (SSSR count). The average molecular weight is 200 g/mol. The summed E-state index contributed by atoms with van der Waals surface area (Å²) >= 11 is 0. The van der Waals surface area contributed by atoms with Crippen LogP contribution in [-0.2, 0) is 0 Å². The molecule has 2 N–H and O–H groups in total. The van der Waals surface area contributed by atoms with E-state index in [1.54, 1.807) is 6.20 Å². The normalized spacial score (nSPS) is 12.7. The van der Waals surface area contributed by atoms with Gasteiger partial charge in [-0.15, -0.1) is 0 Å². The molecule has 0 amide bonds. The van der Waals surface area contributed by atoms with Crippen LogP contribution < -0.4 is 10.8 Å². The first kappa shape index (κ1) is 11.7. The van der Waals surface area contributed by atoms with Gasteiger partial charge in [-0.3, -0.25) is 0 Å². The maximum Gasteiger partial charge on any atom is 0.115 e. The van der Waals surface area contributed by atoms with Crippen molar-refractivity contribution in [3.8, 4) is 0 Å². The maximum absolute atomic E-state index is 5.67. The Hall–Kier alpha value is -1.38. The third kappa shape index (κ3) is 3.70. The molecule has 0 saturated heterocycles. The van der Waals surface area contributed by atoms with Crippen LogP contribution in [0.25, 0.3) is 5.57 Å². The van der Waals surface area contributed by atoms with Gasteiger partial charge in [0, 0.05) is 24.5 Å². The molecule has 2 nitrogen and oxygen atoms in total. The molecule has 1 aromatic rings. The summed E-state index contributed by atoms with van der Waals surface area (Å²) in [6, 6.07) is 1.92. The molecule has 0 spiro atoms. The molecule has 1 aromatic heterocycles. The minimum atomic E-state index is 0.539. The lowest BCUT2D eigenvalue weighted by atomic mass is 9.99. The van der Waals surface area contributed by atoms with Crippen molar-refractivity contribution in [2.24, 2.45) is 5.92 Å². The number of H-pyrrole nitrogens is 1. The molecular formula is C12H17BN2. The molecule has 15 heavy (non-hydrogen) atoms. The molecule has 3 heteroatoms. The first-order valence-electron chi connectivity index (χ1n) is 5.13. The summed E-state index contributed by atoms with van der Waals surface area (Å²) in [6.45, 7) is 4.30. The van der Waals surface area contributed by atoms with E-state index in [-0.39, 0.29) is 0 Å². The molecule has 0 aliphatic carbocycles. The van der Waals surface area contributed by atoms with E-state index in [2.05, 4.69) is 36.3 Å². The molecule has 0 aliphatic rings. The zero-order chi connectivity index (χ0) is 11.3. The largest absolute Gasteiger partial charge is 0.393 e.